The van der Waals surface area contributed by atoms with Gasteiger partial charge in [-0.25, -0.2) is 18.9 Å². The minimum atomic E-state index is -0.904. The summed E-state index contributed by atoms with van der Waals surface area (Å²) in [6.07, 6.45) is 8.72. The van der Waals surface area contributed by atoms with Gasteiger partial charge >= 0.3 is 0 Å². The highest BCUT2D eigenvalue weighted by molar-refractivity contribution is 5.75. The first-order valence-electron chi connectivity index (χ1n) is 9.59. The smallest absolute Gasteiger partial charge is 0.164 e. The van der Waals surface area contributed by atoms with Gasteiger partial charge in [-0.1, -0.05) is 0 Å². The number of hydrogen-bond donors (Lipinski definition) is 2. The zero-order valence-electron chi connectivity index (χ0n) is 15.6. The van der Waals surface area contributed by atoms with E-state index in [1.165, 1.54) is 0 Å². The Bertz CT molecular complexity index is 1000. The molecule has 1 saturated carbocycles. The minimum absolute atomic E-state index is 0.314. The van der Waals surface area contributed by atoms with Crippen molar-refractivity contribution < 1.29 is 9.13 Å². The maximum Gasteiger partial charge on any atom is 0.164 e. The molecule has 0 aromatic carbocycles. The molecule has 1 saturated heterocycles. The molecule has 3 aromatic rings. The summed E-state index contributed by atoms with van der Waals surface area (Å²) < 4.78 is 21.3. The van der Waals surface area contributed by atoms with Gasteiger partial charge in [-0.3, -0.25) is 4.98 Å². The molecule has 0 bridgehead atoms. The maximum absolute atomic E-state index is 14.1. The number of anilines is 1. The van der Waals surface area contributed by atoms with Gasteiger partial charge in [0.2, 0.25) is 0 Å². The number of fused-ring (bicyclic) bond motifs is 1. The van der Waals surface area contributed by atoms with Crippen LogP contribution in [0.25, 0.3) is 16.9 Å². The Morgan fingerprint density at radius 2 is 2.11 bits per heavy atom. The fourth-order valence-corrected chi connectivity index (χ4v) is 3.62. The lowest BCUT2D eigenvalue weighted by Crippen LogP contribution is -2.46. The van der Waals surface area contributed by atoms with Gasteiger partial charge in [-0.15, -0.1) is 0 Å². The van der Waals surface area contributed by atoms with E-state index in [0.717, 1.165) is 35.5 Å². The Labute approximate surface area is 161 Å². The number of aromatic nitrogens is 5. The maximum atomic E-state index is 14.1. The first-order chi connectivity index (χ1) is 13.7. The largest absolute Gasteiger partial charge is 0.493 e. The van der Waals surface area contributed by atoms with Crippen LogP contribution < -0.4 is 15.4 Å². The summed E-state index contributed by atoms with van der Waals surface area (Å²) in [7, 11) is 1.65. The second kappa shape index (κ2) is 6.97. The highest BCUT2D eigenvalue weighted by atomic mass is 19.1. The van der Waals surface area contributed by atoms with Gasteiger partial charge in [-0.05, 0) is 25.8 Å². The van der Waals surface area contributed by atoms with Crippen molar-refractivity contribution in [1.82, 2.24) is 29.9 Å². The molecule has 1 aliphatic carbocycles. The van der Waals surface area contributed by atoms with Crippen LogP contribution in [0, 0.1) is 0 Å². The van der Waals surface area contributed by atoms with Gasteiger partial charge in [0.25, 0.3) is 0 Å². The molecule has 2 aliphatic rings. The third-order valence-electron chi connectivity index (χ3n) is 5.31. The predicted molar refractivity (Wildman–Crippen MR) is 102 cm³/mol. The van der Waals surface area contributed by atoms with Crippen LogP contribution >= 0.6 is 0 Å². The number of methoxy groups -OCH3 is 1. The molecule has 2 atom stereocenters. The molecule has 146 valence electrons. The molecule has 9 heteroatoms. The molecule has 4 heterocycles. The highest BCUT2D eigenvalue weighted by Gasteiger charge is 2.30. The summed E-state index contributed by atoms with van der Waals surface area (Å²) >= 11 is 0. The van der Waals surface area contributed by atoms with Crippen molar-refractivity contribution in [3.05, 3.63) is 30.5 Å². The molecule has 0 amide bonds. The van der Waals surface area contributed by atoms with Crippen LogP contribution in [-0.4, -0.2) is 57.0 Å². The van der Waals surface area contributed by atoms with E-state index in [2.05, 4.69) is 25.7 Å². The normalized spacial score (nSPS) is 22.4. The average molecular weight is 383 g/mol. The van der Waals surface area contributed by atoms with Gasteiger partial charge in [-0.2, -0.15) is 5.10 Å². The summed E-state index contributed by atoms with van der Waals surface area (Å²) in [6.45, 7) is 1.27. The minimum Gasteiger partial charge on any atom is -0.493 e. The van der Waals surface area contributed by atoms with Crippen LogP contribution in [0.3, 0.4) is 0 Å². The fraction of sp³-hybridized carbons (Fsp3) is 0.474. The van der Waals surface area contributed by atoms with Crippen LogP contribution in [0.4, 0.5) is 10.2 Å². The Hall–Kier alpha value is -2.81. The molecular weight excluding hydrogens is 361 g/mol. The lowest BCUT2D eigenvalue weighted by Gasteiger charge is -2.27. The molecule has 2 N–H and O–H groups in total. The van der Waals surface area contributed by atoms with Crippen molar-refractivity contribution >= 4 is 11.5 Å². The Kier molecular flexibility index (Phi) is 4.31. The molecule has 5 rings (SSSR count). The van der Waals surface area contributed by atoms with Crippen LogP contribution in [0.5, 0.6) is 5.75 Å². The Morgan fingerprint density at radius 1 is 1.21 bits per heavy atom. The monoisotopic (exact) mass is 383 g/mol. The fourth-order valence-electron chi connectivity index (χ4n) is 3.62. The zero-order valence-corrected chi connectivity index (χ0v) is 15.6. The number of halogens is 1. The predicted octanol–water partition coefficient (Wildman–Crippen LogP) is 2.18. The van der Waals surface area contributed by atoms with Crippen LogP contribution in [-0.2, 0) is 0 Å². The van der Waals surface area contributed by atoms with Gasteiger partial charge < -0.3 is 15.4 Å². The first kappa shape index (κ1) is 17.3. The van der Waals surface area contributed by atoms with E-state index in [0.29, 0.717) is 36.9 Å². The number of alkyl halides is 1. The van der Waals surface area contributed by atoms with Crippen LogP contribution in [0.2, 0.25) is 0 Å². The number of nitrogens with zero attached hydrogens (tertiary/aromatic N) is 5. The van der Waals surface area contributed by atoms with Crippen molar-refractivity contribution in [1.29, 1.82) is 0 Å². The summed E-state index contributed by atoms with van der Waals surface area (Å²) in [5.74, 6) is 1.75. The summed E-state index contributed by atoms with van der Waals surface area (Å²) in [4.78, 5) is 13.7. The lowest BCUT2D eigenvalue weighted by molar-refractivity contribution is 0.241. The second-order valence-corrected chi connectivity index (χ2v) is 7.34. The summed E-state index contributed by atoms with van der Waals surface area (Å²) in [6, 6.07) is -0.314. The third-order valence-corrected chi connectivity index (χ3v) is 5.31. The molecular formula is C19H22FN7O. The topological polar surface area (TPSA) is 89.3 Å². The zero-order chi connectivity index (χ0) is 19.1. The third kappa shape index (κ3) is 3.15. The lowest BCUT2D eigenvalue weighted by atomic mass is 10.1. The molecule has 8 nitrogen and oxygen atoms in total. The number of piperidine rings is 1. The van der Waals surface area contributed by atoms with Gasteiger partial charge in [0.1, 0.15) is 12.0 Å². The molecule has 0 radical (unpaired) electrons. The Morgan fingerprint density at radius 3 is 2.89 bits per heavy atom. The van der Waals surface area contributed by atoms with E-state index >= 15 is 0 Å². The van der Waals surface area contributed by atoms with Crippen molar-refractivity contribution in [3.8, 4) is 17.0 Å². The molecule has 1 aliphatic heterocycles. The van der Waals surface area contributed by atoms with E-state index in [1.54, 1.807) is 30.2 Å². The molecule has 0 spiro atoms. The second-order valence-electron chi connectivity index (χ2n) is 7.34. The SMILES string of the molecule is COc1cn2ncc(-c3cncc(N[C@H]4CNCC[C@@H]4F)n3)c2nc1C1CC1. The Balaban J connectivity index is 1.49. The first-order valence-corrected chi connectivity index (χ1v) is 9.59. The quantitative estimate of drug-likeness (QED) is 0.698. The molecule has 2 fully saturated rings. The number of nitrogens with one attached hydrogen (secondary N) is 2. The van der Waals surface area contributed by atoms with Crippen molar-refractivity contribution in [2.45, 2.75) is 37.4 Å². The highest BCUT2D eigenvalue weighted by Crippen LogP contribution is 2.43. The number of hydrogen-bond acceptors (Lipinski definition) is 7. The van der Waals surface area contributed by atoms with E-state index in [4.69, 9.17) is 9.72 Å². The molecule has 3 aromatic heterocycles. The van der Waals surface area contributed by atoms with Crippen LogP contribution in [0.1, 0.15) is 30.9 Å². The van der Waals surface area contributed by atoms with Crippen LogP contribution in [0.15, 0.2) is 24.8 Å². The summed E-state index contributed by atoms with van der Waals surface area (Å²) in [5, 5.41) is 10.8. The van der Waals surface area contributed by atoms with Gasteiger partial charge in [0, 0.05) is 12.5 Å². The number of ether oxygens (including phenoxy) is 1. The molecule has 0 unspecified atom stereocenters. The van der Waals surface area contributed by atoms with Crippen molar-refractivity contribution in [3.63, 3.8) is 0 Å². The van der Waals surface area contributed by atoms with E-state index < -0.39 is 6.17 Å². The number of rotatable bonds is 5. The van der Waals surface area contributed by atoms with E-state index in [9.17, 15) is 4.39 Å². The summed E-state index contributed by atoms with van der Waals surface area (Å²) in [5.41, 5.74) is 3.13. The van der Waals surface area contributed by atoms with Crippen molar-refractivity contribution in [2.24, 2.45) is 0 Å². The van der Waals surface area contributed by atoms with E-state index in [1.807, 2.05) is 6.20 Å². The average Bonchev–Trinajstić information content (AvgIpc) is 3.48. The molecule has 28 heavy (non-hydrogen) atoms. The van der Waals surface area contributed by atoms with Crippen molar-refractivity contribution in [2.75, 3.05) is 25.5 Å². The standard InChI is InChI=1S/C19H22FN7O/c1-28-16-10-27-19(26-18(16)11-2-3-11)12(6-23-27)14-7-22-9-17(24-14)25-15-8-21-5-4-13(15)20/h6-7,9-11,13,15,21H,2-5,8H2,1H3,(H,24,25)/t13-,15-/m0/s1. The van der Waals surface area contributed by atoms with E-state index in [-0.39, 0.29) is 6.04 Å². The van der Waals surface area contributed by atoms with Gasteiger partial charge in [0.15, 0.2) is 11.4 Å². The van der Waals surface area contributed by atoms with Gasteiger partial charge in [0.05, 0.1) is 54.9 Å².